The average Bonchev–Trinajstić information content (AvgIpc) is 2.03. The largest absolute Gasteiger partial charge is 0.545 e. The minimum atomic E-state index is -1.59. The standard InChI is InChI=1S/C9H10O4/c1-3-5-7(9(12)13)6(4-2)8(10)11/h3-4H,1-2,5H2,(H,10,11)(H,12,13)/p-2/b7-6-. The molecule has 0 aliphatic heterocycles. The van der Waals surface area contributed by atoms with E-state index >= 15 is 0 Å². The van der Waals surface area contributed by atoms with Crippen LogP contribution in [0.5, 0.6) is 0 Å². The number of carboxylic acids is 2. The molecule has 70 valence electrons. The third kappa shape index (κ3) is 2.94. The van der Waals surface area contributed by atoms with Crippen LogP contribution in [0, 0.1) is 0 Å². The third-order valence-electron chi connectivity index (χ3n) is 1.34. The van der Waals surface area contributed by atoms with E-state index < -0.39 is 17.5 Å². The number of carboxylic acid groups (broad SMARTS) is 2. The Hall–Kier alpha value is -1.84. The molecule has 0 amide bonds. The van der Waals surface area contributed by atoms with Gasteiger partial charge in [0.15, 0.2) is 0 Å². The number of aliphatic carboxylic acids is 2. The van der Waals surface area contributed by atoms with Crippen LogP contribution in [0.15, 0.2) is 36.5 Å². The van der Waals surface area contributed by atoms with Crippen molar-refractivity contribution in [3.05, 3.63) is 36.5 Å². The van der Waals surface area contributed by atoms with Gasteiger partial charge in [-0.15, -0.1) is 6.58 Å². The second-order valence-corrected chi connectivity index (χ2v) is 2.16. The van der Waals surface area contributed by atoms with Gasteiger partial charge in [-0.05, 0) is 12.0 Å². The van der Waals surface area contributed by atoms with Crippen molar-refractivity contribution in [1.29, 1.82) is 0 Å². The molecule has 0 bridgehead atoms. The van der Waals surface area contributed by atoms with Crippen molar-refractivity contribution < 1.29 is 19.8 Å². The van der Waals surface area contributed by atoms with E-state index in [0.29, 0.717) is 0 Å². The molecule has 0 saturated heterocycles. The summed E-state index contributed by atoms with van der Waals surface area (Å²) in [5.74, 6) is -3.14. The van der Waals surface area contributed by atoms with Crippen LogP contribution in [-0.4, -0.2) is 11.9 Å². The molecule has 13 heavy (non-hydrogen) atoms. The molecule has 0 fully saturated rings. The molecule has 0 unspecified atom stereocenters. The second-order valence-electron chi connectivity index (χ2n) is 2.16. The number of allylic oxidation sites excluding steroid dienone is 1. The molecule has 0 aliphatic carbocycles. The van der Waals surface area contributed by atoms with E-state index in [9.17, 15) is 19.8 Å². The summed E-state index contributed by atoms with van der Waals surface area (Å²) in [5.41, 5.74) is -0.857. The molecule has 0 radical (unpaired) electrons. The fraction of sp³-hybridized carbons (Fsp3) is 0.111. The van der Waals surface area contributed by atoms with Crippen LogP contribution in [0.4, 0.5) is 0 Å². The molecule has 0 N–H and O–H groups in total. The van der Waals surface area contributed by atoms with Crippen LogP contribution in [0.3, 0.4) is 0 Å². The van der Waals surface area contributed by atoms with Gasteiger partial charge in [0.05, 0.1) is 11.9 Å². The average molecular weight is 180 g/mol. The first-order chi connectivity index (χ1) is 6.04. The minimum absolute atomic E-state index is 0.0995. The SMILES string of the molecule is C=CC/C(C(=O)[O-])=C(\C=C)C(=O)[O-]. The first-order valence-corrected chi connectivity index (χ1v) is 3.43. The normalized spacial score (nSPS) is 11.4. The first kappa shape index (κ1) is 11.2. The monoisotopic (exact) mass is 180 g/mol. The van der Waals surface area contributed by atoms with Crippen molar-refractivity contribution in [3.8, 4) is 0 Å². The summed E-state index contributed by atoms with van der Waals surface area (Å²) in [7, 11) is 0. The molecule has 4 nitrogen and oxygen atoms in total. The summed E-state index contributed by atoms with van der Waals surface area (Å²) in [5, 5.41) is 20.8. The maximum absolute atomic E-state index is 10.4. The van der Waals surface area contributed by atoms with Gasteiger partial charge in [-0.1, -0.05) is 18.7 Å². The van der Waals surface area contributed by atoms with Gasteiger partial charge in [0.1, 0.15) is 0 Å². The summed E-state index contributed by atoms with van der Waals surface area (Å²) >= 11 is 0. The Morgan fingerprint density at radius 3 is 1.92 bits per heavy atom. The highest BCUT2D eigenvalue weighted by Gasteiger charge is 2.04. The lowest BCUT2D eigenvalue weighted by molar-refractivity contribution is -0.303. The van der Waals surface area contributed by atoms with Crippen LogP contribution in [0.2, 0.25) is 0 Å². The van der Waals surface area contributed by atoms with Crippen LogP contribution < -0.4 is 10.2 Å². The molecule has 0 heterocycles. The van der Waals surface area contributed by atoms with Crippen molar-refractivity contribution in [2.75, 3.05) is 0 Å². The Balaban J connectivity index is 5.23. The molecule has 0 aliphatic rings. The van der Waals surface area contributed by atoms with Crippen molar-refractivity contribution >= 4 is 11.9 Å². The quantitative estimate of drug-likeness (QED) is 0.294. The third-order valence-corrected chi connectivity index (χ3v) is 1.34. The van der Waals surface area contributed by atoms with Gasteiger partial charge >= 0.3 is 0 Å². The van der Waals surface area contributed by atoms with E-state index in [4.69, 9.17) is 0 Å². The predicted octanol–water partition coefficient (Wildman–Crippen LogP) is -1.46. The Labute approximate surface area is 75.5 Å². The number of rotatable bonds is 5. The molecule has 0 saturated carbocycles. The van der Waals surface area contributed by atoms with Gasteiger partial charge in [-0.25, -0.2) is 0 Å². The van der Waals surface area contributed by atoms with Crippen LogP contribution >= 0.6 is 0 Å². The van der Waals surface area contributed by atoms with Gasteiger partial charge in [0.25, 0.3) is 0 Å². The highest BCUT2D eigenvalue weighted by molar-refractivity contribution is 5.99. The van der Waals surface area contributed by atoms with E-state index in [1.807, 2.05) is 0 Å². The molecular formula is C9H8O4-2. The summed E-state index contributed by atoms with van der Waals surface area (Å²) < 4.78 is 0. The number of carbonyl (C=O) groups is 2. The van der Waals surface area contributed by atoms with E-state index in [1.165, 1.54) is 6.08 Å². The summed E-state index contributed by atoms with van der Waals surface area (Å²) in [6.45, 7) is 6.45. The molecule has 0 atom stereocenters. The predicted molar refractivity (Wildman–Crippen MR) is 42.1 cm³/mol. The summed E-state index contributed by atoms with van der Waals surface area (Å²) in [4.78, 5) is 20.8. The highest BCUT2D eigenvalue weighted by atomic mass is 16.4. The second kappa shape index (κ2) is 4.92. The molecule has 0 aromatic rings. The smallest absolute Gasteiger partial charge is 0.0718 e. The van der Waals surface area contributed by atoms with Crippen LogP contribution in [0.1, 0.15) is 6.42 Å². The lowest BCUT2D eigenvalue weighted by atomic mass is 10.1. The molecule has 0 spiro atoms. The molecule has 0 aromatic heterocycles. The minimum Gasteiger partial charge on any atom is -0.545 e. The summed E-state index contributed by atoms with van der Waals surface area (Å²) in [6.07, 6.45) is 2.07. The van der Waals surface area contributed by atoms with Gasteiger partial charge in [-0.3, -0.25) is 0 Å². The van der Waals surface area contributed by atoms with E-state index in [1.54, 1.807) is 0 Å². The first-order valence-electron chi connectivity index (χ1n) is 3.43. The Morgan fingerprint density at radius 2 is 1.69 bits per heavy atom. The van der Waals surface area contributed by atoms with Crippen molar-refractivity contribution in [2.24, 2.45) is 0 Å². The van der Waals surface area contributed by atoms with Gasteiger partial charge in [-0.2, -0.15) is 0 Å². The Bertz CT molecular complexity index is 286. The molecule has 0 rings (SSSR count). The van der Waals surface area contributed by atoms with Crippen molar-refractivity contribution in [3.63, 3.8) is 0 Å². The number of hydrogen-bond donors (Lipinski definition) is 0. The zero-order chi connectivity index (χ0) is 10.4. The van der Waals surface area contributed by atoms with Crippen molar-refractivity contribution in [2.45, 2.75) is 6.42 Å². The number of hydrogen-bond acceptors (Lipinski definition) is 4. The number of carbonyl (C=O) groups excluding carboxylic acids is 2. The molecular weight excluding hydrogens is 172 g/mol. The Morgan fingerprint density at radius 1 is 1.15 bits per heavy atom. The fourth-order valence-electron chi connectivity index (χ4n) is 0.777. The topological polar surface area (TPSA) is 80.3 Å². The molecule has 0 aromatic carbocycles. The van der Waals surface area contributed by atoms with Crippen LogP contribution in [-0.2, 0) is 9.59 Å². The van der Waals surface area contributed by atoms with Gasteiger partial charge < -0.3 is 19.8 Å². The van der Waals surface area contributed by atoms with E-state index in [2.05, 4.69) is 13.2 Å². The Kier molecular flexibility index (Phi) is 4.23. The molecule has 4 heteroatoms. The van der Waals surface area contributed by atoms with Crippen LogP contribution in [0.25, 0.3) is 0 Å². The van der Waals surface area contributed by atoms with Gasteiger partial charge in [0.2, 0.25) is 0 Å². The highest BCUT2D eigenvalue weighted by Crippen LogP contribution is 2.09. The lowest BCUT2D eigenvalue weighted by Crippen LogP contribution is -2.31. The lowest BCUT2D eigenvalue weighted by Gasteiger charge is -2.12. The van der Waals surface area contributed by atoms with Crippen molar-refractivity contribution in [1.82, 2.24) is 0 Å². The zero-order valence-corrected chi connectivity index (χ0v) is 6.91. The van der Waals surface area contributed by atoms with Gasteiger partial charge in [0, 0.05) is 5.57 Å². The summed E-state index contributed by atoms with van der Waals surface area (Å²) in [6, 6.07) is 0. The maximum atomic E-state index is 10.4. The van der Waals surface area contributed by atoms with E-state index in [0.717, 1.165) is 6.08 Å². The van der Waals surface area contributed by atoms with E-state index in [-0.39, 0.29) is 12.0 Å². The maximum Gasteiger partial charge on any atom is 0.0718 e. The fourth-order valence-corrected chi connectivity index (χ4v) is 0.777. The zero-order valence-electron chi connectivity index (χ0n) is 6.91.